The number of carboxylic acids is 1. The van der Waals surface area contributed by atoms with Crippen molar-refractivity contribution in [3.8, 4) is 0 Å². The van der Waals surface area contributed by atoms with E-state index in [0.717, 1.165) is 11.3 Å². The molecule has 0 radical (unpaired) electrons. The number of halogens is 1. The maximum Gasteiger partial charge on any atom is 0.317 e. The summed E-state index contributed by atoms with van der Waals surface area (Å²) in [7, 11) is 0. The fourth-order valence-corrected chi connectivity index (χ4v) is 1.98. The van der Waals surface area contributed by atoms with Crippen LogP contribution in [-0.2, 0) is 4.79 Å². The smallest absolute Gasteiger partial charge is 0.317 e. The van der Waals surface area contributed by atoms with Gasteiger partial charge < -0.3 is 5.11 Å². The highest BCUT2D eigenvalue weighted by Gasteiger charge is 2.37. The van der Waals surface area contributed by atoms with Gasteiger partial charge in [0.25, 0.3) is 0 Å². The molecule has 14 heavy (non-hydrogen) atoms. The monoisotopic (exact) mass is 232 g/mol. The number of hydrogen-bond acceptors (Lipinski definition) is 3. The molecule has 0 amide bonds. The van der Waals surface area contributed by atoms with Gasteiger partial charge >= 0.3 is 5.97 Å². The molecular formula is C9H9ClO3S. The Labute approximate surface area is 90.3 Å². The van der Waals surface area contributed by atoms with Gasteiger partial charge in [0, 0.05) is 0 Å². The Balaban J connectivity index is 3.02. The molecule has 0 atom stereocenters. The lowest BCUT2D eigenvalue weighted by Crippen LogP contribution is -2.32. The molecule has 1 aromatic rings. The lowest BCUT2D eigenvalue weighted by Gasteiger charge is -2.15. The molecule has 0 aromatic carbocycles. The van der Waals surface area contributed by atoms with Crippen LogP contribution in [-0.4, -0.2) is 16.9 Å². The molecule has 1 rings (SSSR count). The normalized spacial score (nSPS) is 11.4. The van der Waals surface area contributed by atoms with Gasteiger partial charge in [-0.3, -0.25) is 9.59 Å². The fraction of sp³-hybridized carbons (Fsp3) is 0.333. The third-order valence-electron chi connectivity index (χ3n) is 1.90. The molecule has 0 saturated carbocycles. The van der Waals surface area contributed by atoms with E-state index < -0.39 is 17.2 Å². The van der Waals surface area contributed by atoms with Crippen LogP contribution < -0.4 is 0 Å². The second-order valence-electron chi connectivity index (χ2n) is 3.36. The van der Waals surface area contributed by atoms with Crippen molar-refractivity contribution in [2.75, 3.05) is 0 Å². The maximum absolute atomic E-state index is 11.7. The van der Waals surface area contributed by atoms with Crippen molar-refractivity contribution in [2.24, 2.45) is 5.41 Å². The number of carbonyl (C=O) groups is 2. The van der Waals surface area contributed by atoms with Crippen molar-refractivity contribution in [3.63, 3.8) is 0 Å². The fourth-order valence-electron chi connectivity index (χ4n) is 0.841. The summed E-state index contributed by atoms with van der Waals surface area (Å²) >= 11 is 6.75. The second kappa shape index (κ2) is 3.71. The average Bonchev–Trinajstić information content (AvgIpc) is 2.50. The van der Waals surface area contributed by atoms with E-state index in [-0.39, 0.29) is 0 Å². The number of ketones is 1. The largest absolute Gasteiger partial charge is 0.481 e. The van der Waals surface area contributed by atoms with Gasteiger partial charge in [-0.15, -0.1) is 11.3 Å². The molecule has 0 aliphatic rings. The van der Waals surface area contributed by atoms with Crippen LogP contribution >= 0.6 is 22.9 Å². The number of carboxylic acid groups (broad SMARTS) is 1. The Kier molecular flexibility index (Phi) is 2.97. The first-order valence-corrected chi connectivity index (χ1v) is 5.08. The van der Waals surface area contributed by atoms with Gasteiger partial charge in [0.05, 0.1) is 9.21 Å². The third kappa shape index (κ3) is 1.96. The summed E-state index contributed by atoms with van der Waals surface area (Å²) in [6.45, 7) is 2.76. The highest BCUT2D eigenvalue weighted by Crippen LogP contribution is 2.29. The Morgan fingerprint density at radius 2 is 2.00 bits per heavy atom. The van der Waals surface area contributed by atoms with E-state index in [1.807, 2.05) is 0 Å². The highest BCUT2D eigenvalue weighted by atomic mass is 35.5. The van der Waals surface area contributed by atoms with Crippen LogP contribution in [0, 0.1) is 5.41 Å². The standard InChI is InChI=1S/C9H9ClO3S/c1-9(2,8(12)13)7(11)5-3-4-6(10)14-5/h3-4H,1-2H3,(H,12,13). The molecule has 0 spiro atoms. The summed E-state index contributed by atoms with van der Waals surface area (Å²) in [5.74, 6) is -1.55. The number of rotatable bonds is 3. The predicted octanol–water partition coefficient (Wildman–Crippen LogP) is 2.70. The van der Waals surface area contributed by atoms with Crippen LogP contribution in [0.1, 0.15) is 23.5 Å². The predicted molar refractivity (Wildman–Crippen MR) is 55.1 cm³/mol. The second-order valence-corrected chi connectivity index (χ2v) is 5.08. The van der Waals surface area contributed by atoms with Crippen LogP contribution in [0.5, 0.6) is 0 Å². The van der Waals surface area contributed by atoms with Crippen molar-refractivity contribution in [3.05, 3.63) is 21.3 Å². The molecule has 0 aliphatic carbocycles. The van der Waals surface area contributed by atoms with E-state index >= 15 is 0 Å². The summed E-state index contributed by atoms with van der Waals surface area (Å²) in [5.41, 5.74) is -1.39. The van der Waals surface area contributed by atoms with E-state index in [0.29, 0.717) is 9.21 Å². The molecule has 0 unspecified atom stereocenters. The summed E-state index contributed by atoms with van der Waals surface area (Å²) in [6, 6.07) is 3.12. The quantitative estimate of drug-likeness (QED) is 0.644. The van der Waals surface area contributed by atoms with E-state index in [1.165, 1.54) is 13.8 Å². The Morgan fingerprint density at radius 1 is 1.43 bits per heavy atom. The zero-order valence-electron chi connectivity index (χ0n) is 7.70. The zero-order valence-corrected chi connectivity index (χ0v) is 9.28. The number of thiophene rings is 1. The Bertz CT molecular complexity index is 381. The minimum atomic E-state index is -1.39. The first-order valence-electron chi connectivity index (χ1n) is 3.89. The number of carbonyl (C=O) groups excluding carboxylic acids is 1. The molecule has 5 heteroatoms. The summed E-state index contributed by atoms with van der Waals surface area (Å²) in [4.78, 5) is 22.9. The van der Waals surface area contributed by atoms with Crippen molar-refractivity contribution in [2.45, 2.75) is 13.8 Å². The van der Waals surface area contributed by atoms with Crippen molar-refractivity contribution >= 4 is 34.7 Å². The Hall–Kier alpha value is -0.870. The van der Waals surface area contributed by atoms with Crippen LogP contribution in [0.25, 0.3) is 0 Å². The molecule has 0 fully saturated rings. The van der Waals surface area contributed by atoms with Crippen LogP contribution in [0.15, 0.2) is 12.1 Å². The molecule has 1 N–H and O–H groups in total. The average molecular weight is 233 g/mol. The molecule has 1 aromatic heterocycles. The van der Waals surface area contributed by atoms with Gasteiger partial charge in [-0.05, 0) is 26.0 Å². The molecule has 1 heterocycles. The molecule has 0 bridgehead atoms. The summed E-state index contributed by atoms with van der Waals surface area (Å²) in [6.07, 6.45) is 0. The third-order valence-corrected chi connectivity index (χ3v) is 3.13. The highest BCUT2D eigenvalue weighted by molar-refractivity contribution is 7.18. The number of Topliss-reactive ketones (excluding diaryl/α,β-unsaturated/α-hetero) is 1. The van der Waals surface area contributed by atoms with Crippen LogP contribution in [0.3, 0.4) is 0 Å². The van der Waals surface area contributed by atoms with Gasteiger partial charge in [0.2, 0.25) is 0 Å². The molecular weight excluding hydrogens is 224 g/mol. The summed E-state index contributed by atoms with van der Waals surface area (Å²) < 4.78 is 0.481. The lowest BCUT2D eigenvalue weighted by atomic mass is 9.87. The molecule has 3 nitrogen and oxygen atoms in total. The number of aliphatic carboxylic acids is 1. The van der Waals surface area contributed by atoms with Gasteiger partial charge in [0.1, 0.15) is 5.41 Å². The maximum atomic E-state index is 11.7. The van der Waals surface area contributed by atoms with Crippen molar-refractivity contribution in [1.29, 1.82) is 0 Å². The first-order chi connectivity index (χ1) is 6.35. The SMILES string of the molecule is CC(C)(C(=O)O)C(=O)c1ccc(Cl)s1. The van der Waals surface area contributed by atoms with E-state index in [9.17, 15) is 9.59 Å². The van der Waals surface area contributed by atoms with E-state index in [2.05, 4.69) is 0 Å². The van der Waals surface area contributed by atoms with E-state index in [1.54, 1.807) is 12.1 Å². The molecule has 0 aliphatic heterocycles. The zero-order chi connectivity index (χ0) is 10.9. The number of hydrogen-bond donors (Lipinski definition) is 1. The lowest BCUT2D eigenvalue weighted by molar-refractivity contribution is -0.144. The minimum absolute atomic E-state index is 0.377. The summed E-state index contributed by atoms with van der Waals surface area (Å²) in [5, 5.41) is 8.83. The van der Waals surface area contributed by atoms with Gasteiger partial charge in [-0.1, -0.05) is 11.6 Å². The van der Waals surface area contributed by atoms with Gasteiger partial charge in [-0.25, -0.2) is 0 Å². The first kappa shape index (κ1) is 11.2. The van der Waals surface area contributed by atoms with Crippen molar-refractivity contribution < 1.29 is 14.7 Å². The van der Waals surface area contributed by atoms with Gasteiger partial charge in [-0.2, -0.15) is 0 Å². The molecule has 76 valence electrons. The Morgan fingerprint density at radius 3 is 2.36 bits per heavy atom. The van der Waals surface area contributed by atoms with Crippen LogP contribution in [0.2, 0.25) is 4.34 Å². The topological polar surface area (TPSA) is 54.4 Å². The van der Waals surface area contributed by atoms with E-state index in [4.69, 9.17) is 16.7 Å². The van der Waals surface area contributed by atoms with Crippen LogP contribution in [0.4, 0.5) is 0 Å². The van der Waals surface area contributed by atoms with Crippen molar-refractivity contribution in [1.82, 2.24) is 0 Å². The molecule has 0 saturated heterocycles. The van der Waals surface area contributed by atoms with Gasteiger partial charge in [0.15, 0.2) is 5.78 Å². The minimum Gasteiger partial charge on any atom is -0.481 e.